The van der Waals surface area contributed by atoms with Crippen LogP contribution >= 0.6 is 11.8 Å². The molecule has 1 aromatic heterocycles. The van der Waals surface area contributed by atoms with E-state index in [-0.39, 0.29) is 5.91 Å². The lowest BCUT2D eigenvalue weighted by molar-refractivity contribution is -0.144. The summed E-state index contributed by atoms with van der Waals surface area (Å²) in [6, 6.07) is 9.51. The van der Waals surface area contributed by atoms with Crippen LogP contribution in [0.15, 0.2) is 36.5 Å². The standard InChI is InChI=1S/C17H19N3O3S/c1-12-14(11-18-20(12)13-5-3-2-4-6-13)15(21)19-17(16(22)23)7-9-24-10-8-17/h2-6,11H,7-10H2,1H3,(H,19,21)(H,22,23). The molecule has 3 rings (SSSR count). The lowest BCUT2D eigenvalue weighted by atomic mass is 9.92. The Morgan fingerprint density at radius 2 is 1.92 bits per heavy atom. The Morgan fingerprint density at radius 1 is 1.25 bits per heavy atom. The van der Waals surface area contributed by atoms with Crippen molar-refractivity contribution in [2.45, 2.75) is 25.3 Å². The van der Waals surface area contributed by atoms with Crippen molar-refractivity contribution in [2.24, 2.45) is 0 Å². The fraction of sp³-hybridized carbons (Fsp3) is 0.353. The van der Waals surface area contributed by atoms with Gasteiger partial charge in [-0.1, -0.05) is 18.2 Å². The van der Waals surface area contributed by atoms with Crippen molar-refractivity contribution in [1.82, 2.24) is 15.1 Å². The van der Waals surface area contributed by atoms with E-state index >= 15 is 0 Å². The van der Waals surface area contributed by atoms with Gasteiger partial charge in [0.2, 0.25) is 0 Å². The van der Waals surface area contributed by atoms with Crippen LogP contribution in [0.2, 0.25) is 0 Å². The van der Waals surface area contributed by atoms with Gasteiger partial charge in [-0.3, -0.25) is 4.79 Å². The van der Waals surface area contributed by atoms with Gasteiger partial charge in [-0.05, 0) is 43.4 Å². The second kappa shape index (κ2) is 6.68. The van der Waals surface area contributed by atoms with Gasteiger partial charge in [0.05, 0.1) is 23.1 Å². The SMILES string of the molecule is Cc1c(C(=O)NC2(C(=O)O)CCSCC2)cnn1-c1ccccc1. The smallest absolute Gasteiger partial charge is 0.329 e. The number of hydrogen-bond acceptors (Lipinski definition) is 4. The first kappa shape index (κ1) is 16.6. The Bertz CT molecular complexity index is 752. The molecule has 6 nitrogen and oxygen atoms in total. The van der Waals surface area contributed by atoms with Gasteiger partial charge in [0, 0.05) is 0 Å². The van der Waals surface area contributed by atoms with Gasteiger partial charge in [0.1, 0.15) is 5.54 Å². The van der Waals surface area contributed by atoms with E-state index in [1.807, 2.05) is 30.3 Å². The van der Waals surface area contributed by atoms with E-state index in [0.717, 1.165) is 17.2 Å². The summed E-state index contributed by atoms with van der Waals surface area (Å²) in [6.07, 6.45) is 2.36. The molecular formula is C17H19N3O3S. The van der Waals surface area contributed by atoms with Crippen LogP contribution in [-0.4, -0.2) is 43.8 Å². The normalized spacial score (nSPS) is 16.5. The van der Waals surface area contributed by atoms with E-state index in [0.29, 0.717) is 24.1 Å². The topological polar surface area (TPSA) is 84.2 Å². The summed E-state index contributed by atoms with van der Waals surface area (Å²) in [5.41, 5.74) is 0.766. The minimum Gasteiger partial charge on any atom is -0.480 e. The highest BCUT2D eigenvalue weighted by molar-refractivity contribution is 7.99. The highest BCUT2D eigenvalue weighted by atomic mass is 32.2. The first-order valence-electron chi connectivity index (χ1n) is 7.77. The third-order valence-corrected chi connectivity index (χ3v) is 5.35. The maximum atomic E-state index is 12.7. The highest BCUT2D eigenvalue weighted by Gasteiger charge is 2.41. The first-order valence-corrected chi connectivity index (χ1v) is 8.93. The molecule has 126 valence electrons. The van der Waals surface area contributed by atoms with Gasteiger partial charge in [0.15, 0.2) is 0 Å². The first-order chi connectivity index (χ1) is 11.5. The number of carbonyl (C=O) groups excluding carboxylic acids is 1. The maximum absolute atomic E-state index is 12.7. The summed E-state index contributed by atoms with van der Waals surface area (Å²) in [5, 5.41) is 16.6. The summed E-state index contributed by atoms with van der Waals surface area (Å²) in [7, 11) is 0. The Balaban J connectivity index is 1.85. The zero-order chi connectivity index (χ0) is 17.2. The minimum atomic E-state index is -1.18. The molecule has 1 fully saturated rings. The number of para-hydroxylation sites is 1. The maximum Gasteiger partial charge on any atom is 0.329 e. The van der Waals surface area contributed by atoms with Crippen molar-refractivity contribution < 1.29 is 14.7 Å². The third kappa shape index (κ3) is 3.03. The molecular weight excluding hydrogens is 326 g/mol. The predicted octanol–water partition coefficient (Wildman–Crippen LogP) is 2.26. The number of nitrogens with zero attached hydrogens (tertiary/aromatic N) is 2. The summed E-state index contributed by atoms with van der Waals surface area (Å²) >= 11 is 1.71. The number of aromatic nitrogens is 2. The summed E-state index contributed by atoms with van der Waals surface area (Å²) < 4.78 is 1.68. The highest BCUT2D eigenvalue weighted by Crippen LogP contribution is 2.28. The number of carboxylic acid groups (broad SMARTS) is 1. The van der Waals surface area contributed by atoms with Gasteiger partial charge in [-0.25, -0.2) is 9.48 Å². The number of amides is 1. The van der Waals surface area contributed by atoms with Crippen LogP contribution in [0.4, 0.5) is 0 Å². The van der Waals surface area contributed by atoms with Gasteiger partial charge in [0.25, 0.3) is 5.91 Å². The molecule has 0 bridgehead atoms. The number of nitrogens with one attached hydrogen (secondary N) is 1. The van der Waals surface area contributed by atoms with Crippen molar-refractivity contribution in [3.63, 3.8) is 0 Å². The summed E-state index contributed by atoms with van der Waals surface area (Å²) in [5.74, 6) is 0.108. The van der Waals surface area contributed by atoms with E-state index in [1.165, 1.54) is 6.20 Å². The molecule has 1 aliphatic heterocycles. The van der Waals surface area contributed by atoms with E-state index in [2.05, 4.69) is 10.4 Å². The number of aliphatic carboxylic acids is 1. The molecule has 0 aliphatic carbocycles. The minimum absolute atomic E-state index is 0.385. The molecule has 1 aromatic carbocycles. The fourth-order valence-corrected chi connectivity index (χ4v) is 4.05. The number of thioether (sulfide) groups is 1. The van der Waals surface area contributed by atoms with Gasteiger partial charge < -0.3 is 10.4 Å². The number of hydrogen-bond donors (Lipinski definition) is 2. The summed E-state index contributed by atoms with van der Waals surface area (Å²) in [6.45, 7) is 1.80. The molecule has 0 saturated carbocycles. The fourth-order valence-electron chi connectivity index (χ4n) is 2.86. The predicted molar refractivity (Wildman–Crippen MR) is 92.7 cm³/mol. The molecule has 1 aliphatic rings. The number of carboxylic acids is 1. The van der Waals surface area contributed by atoms with Crippen molar-refractivity contribution in [3.05, 3.63) is 47.8 Å². The van der Waals surface area contributed by atoms with Crippen LogP contribution in [0.1, 0.15) is 28.9 Å². The Hall–Kier alpha value is -2.28. The molecule has 0 radical (unpaired) electrons. The monoisotopic (exact) mass is 345 g/mol. The van der Waals surface area contributed by atoms with E-state index in [9.17, 15) is 14.7 Å². The van der Waals surface area contributed by atoms with Crippen molar-refractivity contribution >= 4 is 23.6 Å². The largest absolute Gasteiger partial charge is 0.480 e. The molecule has 2 aromatic rings. The Morgan fingerprint density at radius 3 is 2.54 bits per heavy atom. The van der Waals surface area contributed by atoms with Crippen LogP contribution in [0, 0.1) is 6.92 Å². The molecule has 0 unspecified atom stereocenters. The molecule has 0 spiro atoms. The molecule has 2 heterocycles. The Kier molecular flexibility index (Phi) is 4.62. The average Bonchev–Trinajstić information content (AvgIpc) is 2.98. The molecule has 1 amide bonds. The molecule has 1 saturated heterocycles. The van der Waals surface area contributed by atoms with Crippen LogP contribution in [0.3, 0.4) is 0 Å². The zero-order valence-corrected chi connectivity index (χ0v) is 14.2. The molecule has 2 N–H and O–H groups in total. The van der Waals surface area contributed by atoms with Crippen molar-refractivity contribution in [1.29, 1.82) is 0 Å². The molecule has 24 heavy (non-hydrogen) atoms. The van der Waals surface area contributed by atoms with Crippen molar-refractivity contribution in [2.75, 3.05) is 11.5 Å². The van der Waals surface area contributed by atoms with E-state index in [4.69, 9.17) is 0 Å². The zero-order valence-electron chi connectivity index (χ0n) is 13.4. The average molecular weight is 345 g/mol. The van der Waals surface area contributed by atoms with Crippen molar-refractivity contribution in [3.8, 4) is 5.69 Å². The van der Waals surface area contributed by atoms with Crippen LogP contribution in [0.25, 0.3) is 5.69 Å². The number of rotatable bonds is 4. The quantitative estimate of drug-likeness (QED) is 0.888. The molecule has 7 heteroatoms. The lowest BCUT2D eigenvalue weighted by Gasteiger charge is -2.33. The van der Waals surface area contributed by atoms with Crippen LogP contribution < -0.4 is 5.32 Å². The van der Waals surface area contributed by atoms with Gasteiger partial charge in [-0.2, -0.15) is 16.9 Å². The second-order valence-electron chi connectivity index (χ2n) is 5.84. The molecule has 0 atom stereocenters. The van der Waals surface area contributed by atoms with E-state index < -0.39 is 11.5 Å². The van der Waals surface area contributed by atoms with Gasteiger partial charge in [-0.15, -0.1) is 0 Å². The lowest BCUT2D eigenvalue weighted by Crippen LogP contribution is -2.56. The third-order valence-electron chi connectivity index (χ3n) is 4.36. The van der Waals surface area contributed by atoms with Crippen LogP contribution in [-0.2, 0) is 4.79 Å². The van der Waals surface area contributed by atoms with Crippen LogP contribution in [0.5, 0.6) is 0 Å². The second-order valence-corrected chi connectivity index (χ2v) is 7.07. The van der Waals surface area contributed by atoms with Gasteiger partial charge >= 0.3 is 5.97 Å². The number of benzene rings is 1. The van der Waals surface area contributed by atoms with E-state index in [1.54, 1.807) is 23.4 Å². The number of carbonyl (C=O) groups is 2. The Labute approximate surface area is 144 Å². The summed E-state index contributed by atoms with van der Waals surface area (Å²) in [4.78, 5) is 24.4.